The highest BCUT2D eigenvalue weighted by molar-refractivity contribution is 5.92. The summed E-state index contributed by atoms with van der Waals surface area (Å²) in [7, 11) is 0. The number of nitrogens with zero attached hydrogens (tertiary/aromatic N) is 2. The predicted octanol–water partition coefficient (Wildman–Crippen LogP) is 4.42. The summed E-state index contributed by atoms with van der Waals surface area (Å²) in [5, 5.41) is 3.94. The molecular weight excluding hydrogens is 319 g/mol. The first kappa shape index (κ1) is 17.6. The van der Waals surface area contributed by atoms with Crippen molar-refractivity contribution in [2.75, 3.05) is 13.1 Å². The van der Waals surface area contributed by atoms with Crippen molar-refractivity contribution in [1.29, 1.82) is 0 Å². The molecule has 0 N–H and O–H groups in total. The highest BCUT2D eigenvalue weighted by Crippen LogP contribution is 2.24. The van der Waals surface area contributed by atoms with Crippen LogP contribution in [0, 0.1) is 11.7 Å². The Kier molecular flexibility index (Phi) is 5.51. The van der Waals surface area contributed by atoms with Crippen molar-refractivity contribution in [1.82, 2.24) is 10.1 Å². The van der Waals surface area contributed by atoms with Crippen LogP contribution in [-0.2, 0) is 6.42 Å². The molecule has 1 aliphatic rings. The highest BCUT2D eigenvalue weighted by Gasteiger charge is 2.26. The van der Waals surface area contributed by atoms with E-state index in [2.05, 4.69) is 5.16 Å². The van der Waals surface area contributed by atoms with Crippen molar-refractivity contribution >= 4 is 5.91 Å². The van der Waals surface area contributed by atoms with Gasteiger partial charge in [0.15, 0.2) is 5.69 Å². The minimum atomic E-state index is -0.202. The fraction of sp³-hybridized carbons (Fsp3) is 0.500. The van der Waals surface area contributed by atoms with Crippen LogP contribution in [0.25, 0.3) is 0 Å². The van der Waals surface area contributed by atoms with E-state index in [4.69, 9.17) is 4.52 Å². The lowest BCUT2D eigenvalue weighted by Crippen LogP contribution is -2.40. The Morgan fingerprint density at radius 3 is 2.80 bits per heavy atom. The number of carbonyl (C=O) groups excluding carboxylic acids is 1. The van der Waals surface area contributed by atoms with E-state index in [1.165, 1.54) is 12.1 Å². The predicted molar refractivity (Wildman–Crippen MR) is 93.9 cm³/mol. The molecule has 1 amide bonds. The quantitative estimate of drug-likeness (QED) is 0.806. The van der Waals surface area contributed by atoms with Crippen LogP contribution in [0.4, 0.5) is 4.39 Å². The van der Waals surface area contributed by atoms with Gasteiger partial charge in [0.2, 0.25) is 0 Å². The van der Waals surface area contributed by atoms with Crippen LogP contribution in [0.1, 0.15) is 60.8 Å². The second-order valence-electron chi connectivity index (χ2n) is 7.19. The third kappa shape index (κ3) is 4.47. The number of halogens is 1. The van der Waals surface area contributed by atoms with Gasteiger partial charge in [0, 0.05) is 25.1 Å². The lowest BCUT2D eigenvalue weighted by molar-refractivity contribution is 0.0658. The normalized spacial score (nSPS) is 17.9. The van der Waals surface area contributed by atoms with Gasteiger partial charge in [0.1, 0.15) is 11.6 Å². The molecule has 0 bridgehead atoms. The fourth-order valence-electron chi connectivity index (χ4n) is 3.33. The standard InChI is InChI=1S/C20H25FN2O2/c1-14(2)19-12-18(22-25-19)20(24)23-11-3-4-16(13-23)6-5-15-7-9-17(21)10-8-15/h7-10,12,14,16H,3-6,11,13H2,1-2H3. The van der Waals surface area contributed by atoms with E-state index in [0.29, 0.717) is 11.6 Å². The first-order valence-corrected chi connectivity index (χ1v) is 9.03. The summed E-state index contributed by atoms with van der Waals surface area (Å²) in [6.07, 6.45) is 4.05. The molecule has 4 nitrogen and oxygen atoms in total. The molecule has 1 unspecified atom stereocenters. The molecular formula is C20H25FN2O2. The summed E-state index contributed by atoms with van der Waals surface area (Å²) in [5.74, 6) is 1.19. The molecule has 1 saturated heterocycles. The number of carbonyl (C=O) groups is 1. The van der Waals surface area contributed by atoms with Crippen LogP contribution < -0.4 is 0 Å². The number of benzene rings is 1. The van der Waals surface area contributed by atoms with E-state index in [-0.39, 0.29) is 17.6 Å². The summed E-state index contributed by atoms with van der Waals surface area (Å²) >= 11 is 0. The summed E-state index contributed by atoms with van der Waals surface area (Å²) in [5.41, 5.74) is 1.55. The minimum absolute atomic E-state index is 0.0397. The monoisotopic (exact) mass is 344 g/mol. The molecule has 0 aliphatic carbocycles. The topological polar surface area (TPSA) is 46.3 Å². The maximum absolute atomic E-state index is 13.0. The Bertz CT molecular complexity index is 709. The number of aromatic nitrogens is 1. The third-order valence-electron chi connectivity index (χ3n) is 4.88. The summed E-state index contributed by atoms with van der Waals surface area (Å²) in [4.78, 5) is 14.5. The number of aryl methyl sites for hydroxylation is 1. The second kappa shape index (κ2) is 7.81. The smallest absolute Gasteiger partial charge is 0.276 e. The minimum Gasteiger partial charge on any atom is -0.360 e. The molecule has 5 heteroatoms. The molecule has 25 heavy (non-hydrogen) atoms. The van der Waals surface area contributed by atoms with E-state index in [0.717, 1.165) is 50.1 Å². The van der Waals surface area contributed by atoms with Crippen molar-refractivity contribution in [3.63, 3.8) is 0 Å². The Morgan fingerprint density at radius 1 is 1.36 bits per heavy atom. The van der Waals surface area contributed by atoms with Gasteiger partial charge < -0.3 is 9.42 Å². The number of amides is 1. The van der Waals surface area contributed by atoms with Crippen molar-refractivity contribution in [2.24, 2.45) is 5.92 Å². The molecule has 1 aromatic carbocycles. The second-order valence-corrected chi connectivity index (χ2v) is 7.19. The molecule has 1 atom stereocenters. The van der Waals surface area contributed by atoms with E-state index in [1.54, 1.807) is 6.07 Å². The lowest BCUT2D eigenvalue weighted by atomic mass is 9.91. The first-order chi connectivity index (χ1) is 12.0. The number of hydrogen-bond acceptors (Lipinski definition) is 3. The maximum atomic E-state index is 13.0. The number of piperidine rings is 1. The number of rotatable bonds is 5. The van der Waals surface area contributed by atoms with Crippen LogP contribution in [0.3, 0.4) is 0 Å². The average Bonchev–Trinajstić information content (AvgIpc) is 3.11. The molecule has 3 rings (SSSR count). The van der Waals surface area contributed by atoms with Gasteiger partial charge >= 0.3 is 0 Å². The number of likely N-dealkylation sites (tertiary alicyclic amines) is 1. The van der Waals surface area contributed by atoms with Crippen LogP contribution >= 0.6 is 0 Å². The molecule has 0 spiro atoms. The Morgan fingerprint density at radius 2 is 2.12 bits per heavy atom. The van der Waals surface area contributed by atoms with Crippen molar-refractivity contribution in [3.8, 4) is 0 Å². The molecule has 2 aromatic rings. The van der Waals surface area contributed by atoms with Crippen LogP contribution in [0.15, 0.2) is 34.9 Å². The molecule has 0 radical (unpaired) electrons. The van der Waals surface area contributed by atoms with Gasteiger partial charge in [-0.2, -0.15) is 0 Å². The Balaban J connectivity index is 1.56. The van der Waals surface area contributed by atoms with Gasteiger partial charge in [-0.3, -0.25) is 4.79 Å². The molecule has 1 fully saturated rings. The van der Waals surface area contributed by atoms with Crippen molar-refractivity contribution < 1.29 is 13.7 Å². The van der Waals surface area contributed by atoms with Gasteiger partial charge in [-0.05, 0) is 49.3 Å². The largest absolute Gasteiger partial charge is 0.360 e. The Labute approximate surface area is 148 Å². The van der Waals surface area contributed by atoms with Crippen LogP contribution in [0.2, 0.25) is 0 Å². The molecule has 134 valence electrons. The van der Waals surface area contributed by atoms with E-state index < -0.39 is 0 Å². The summed E-state index contributed by atoms with van der Waals surface area (Å²) in [6, 6.07) is 8.44. The lowest BCUT2D eigenvalue weighted by Gasteiger charge is -2.32. The molecule has 0 saturated carbocycles. The van der Waals surface area contributed by atoms with Crippen LogP contribution in [-0.4, -0.2) is 29.1 Å². The molecule has 2 heterocycles. The van der Waals surface area contributed by atoms with E-state index in [9.17, 15) is 9.18 Å². The zero-order chi connectivity index (χ0) is 17.8. The third-order valence-corrected chi connectivity index (χ3v) is 4.88. The zero-order valence-electron chi connectivity index (χ0n) is 14.9. The van der Waals surface area contributed by atoms with Gasteiger partial charge in [-0.25, -0.2) is 4.39 Å². The van der Waals surface area contributed by atoms with Gasteiger partial charge in [0.05, 0.1) is 0 Å². The van der Waals surface area contributed by atoms with Gasteiger partial charge in [-0.1, -0.05) is 31.1 Å². The zero-order valence-corrected chi connectivity index (χ0v) is 14.9. The van der Waals surface area contributed by atoms with Gasteiger partial charge in [0.25, 0.3) is 5.91 Å². The average molecular weight is 344 g/mol. The van der Waals surface area contributed by atoms with E-state index in [1.807, 2.05) is 30.9 Å². The van der Waals surface area contributed by atoms with Crippen LogP contribution in [0.5, 0.6) is 0 Å². The van der Waals surface area contributed by atoms with Crippen molar-refractivity contribution in [3.05, 3.63) is 53.2 Å². The fourth-order valence-corrected chi connectivity index (χ4v) is 3.33. The number of hydrogen-bond donors (Lipinski definition) is 0. The maximum Gasteiger partial charge on any atom is 0.276 e. The first-order valence-electron chi connectivity index (χ1n) is 9.03. The molecule has 1 aromatic heterocycles. The SMILES string of the molecule is CC(C)c1cc(C(=O)N2CCCC(CCc3ccc(F)cc3)C2)no1. The molecule has 1 aliphatic heterocycles. The van der Waals surface area contributed by atoms with Crippen molar-refractivity contribution in [2.45, 2.75) is 45.4 Å². The highest BCUT2D eigenvalue weighted by atomic mass is 19.1. The van der Waals surface area contributed by atoms with E-state index >= 15 is 0 Å². The van der Waals surface area contributed by atoms with Gasteiger partial charge in [-0.15, -0.1) is 0 Å². The summed E-state index contributed by atoms with van der Waals surface area (Å²) < 4.78 is 18.2. The Hall–Kier alpha value is -2.17. The summed E-state index contributed by atoms with van der Waals surface area (Å²) in [6.45, 7) is 5.56.